The molecule has 0 aliphatic carbocycles. The van der Waals surface area contributed by atoms with Crippen LogP contribution in [0.15, 0.2) is 53.1 Å². The molecule has 0 spiro atoms. The Morgan fingerprint density at radius 1 is 0.926 bits per heavy atom. The minimum Gasteiger partial charge on any atom is -0.497 e. The molecule has 27 heavy (non-hydrogen) atoms. The van der Waals surface area contributed by atoms with E-state index in [4.69, 9.17) is 18.7 Å². The fraction of sp³-hybridized carbons (Fsp3) is 0.200. The number of ether oxygens (including phenoxy) is 3. The van der Waals surface area contributed by atoms with Gasteiger partial charge >= 0.3 is 0 Å². The molecule has 0 atom stereocenters. The van der Waals surface area contributed by atoms with E-state index >= 15 is 0 Å². The Morgan fingerprint density at radius 2 is 1.56 bits per heavy atom. The molecule has 140 valence electrons. The standard InChI is InChI=1S/C20H20N2O5/c1-24-15-6-4-14(5-7-15)19-11-18(22-27-19)20(23)21-12-13-8-16(25-2)10-17(9-13)26-3/h4-11H,12H2,1-3H3,(H,21,23). The summed E-state index contributed by atoms with van der Waals surface area (Å²) in [7, 11) is 4.75. The molecular weight excluding hydrogens is 348 g/mol. The molecule has 1 aromatic heterocycles. The van der Waals surface area contributed by atoms with Crippen LogP contribution in [-0.2, 0) is 6.54 Å². The van der Waals surface area contributed by atoms with Crippen molar-refractivity contribution >= 4 is 5.91 Å². The molecule has 0 aliphatic rings. The zero-order chi connectivity index (χ0) is 19.2. The van der Waals surface area contributed by atoms with Gasteiger partial charge in [-0.15, -0.1) is 0 Å². The average molecular weight is 368 g/mol. The van der Waals surface area contributed by atoms with E-state index < -0.39 is 0 Å². The lowest BCUT2D eigenvalue weighted by Gasteiger charge is -2.09. The van der Waals surface area contributed by atoms with Gasteiger partial charge in [0, 0.05) is 24.2 Å². The first kappa shape index (κ1) is 18.3. The van der Waals surface area contributed by atoms with Gasteiger partial charge in [-0.25, -0.2) is 0 Å². The van der Waals surface area contributed by atoms with E-state index in [1.807, 2.05) is 36.4 Å². The van der Waals surface area contributed by atoms with E-state index in [1.54, 1.807) is 33.5 Å². The molecule has 1 N–H and O–H groups in total. The normalized spacial score (nSPS) is 10.3. The Hall–Kier alpha value is -3.48. The number of hydrogen-bond donors (Lipinski definition) is 1. The number of carbonyl (C=O) groups excluding carboxylic acids is 1. The van der Waals surface area contributed by atoms with E-state index in [9.17, 15) is 4.79 Å². The second-order valence-corrected chi connectivity index (χ2v) is 5.71. The predicted molar refractivity (Wildman–Crippen MR) is 99.2 cm³/mol. The van der Waals surface area contributed by atoms with Crippen LogP contribution in [0.2, 0.25) is 0 Å². The van der Waals surface area contributed by atoms with E-state index in [2.05, 4.69) is 10.5 Å². The summed E-state index contributed by atoms with van der Waals surface area (Å²) in [5, 5.41) is 6.66. The number of nitrogens with zero attached hydrogens (tertiary/aromatic N) is 1. The number of nitrogens with one attached hydrogen (secondary N) is 1. The highest BCUT2D eigenvalue weighted by atomic mass is 16.5. The van der Waals surface area contributed by atoms with E-state index in [1.165, 1.54) is 0 Å². The van der Waals surface area contributed by atoms with Gasteiger partial charge in [0.25, 0.3) is 5.91 Å². The van der Waals surface area contributed by atoms with Gasteiger partial charge in [-0.05, 0) is 42.0 Å². The second kappa shape index (κ2) is 8.27. The summed E-state index contributed by atoms with van der Waals surface area (Å²) in [6.45, 7) is 0.303. The fourth-order valence-electron chi connectivity index (χ4n) is 2.51. The zero-order valence-electron chi connectivity index (χ0n) is 15.3. The maximum absolute atomic E-state index is 12.4. The molecule has 0 aliphatic heterocycles. The van der Waals surface area contributed by atoms with Gasteiger partial charge in [0.2, 0.25) is 0 Å². The Bertz CT molecular complexity index is 896. The van der Waals surface area contributed by atoms with Crippen molar-refractivity contribution in [1.82, 2.24) is 10.5 Å². The molecule has 0 saturated carbocycles. The molecule has 0 fully saturated rings. The summed E-state index contributed by atoms with van der Waals surface area (Å²) in [6, 6.07) is 14.3. The molecule has 1 heterocycles. The molecule has 7 nitrogen and oxygen atoms in total. The number of methoxy groups -OCH3 is 3. The highest BCUT2D eigenvalue weighted by Gasteiger charge is 2.14. The van der Waals surface area contributed by atoms with Crippen molar-refractivity contribution in [2.75, 3.05) is 21.3 Å². The molecule has 0 bridgehead atoms. The quantitative estimate of drug-likeness (QED) is 0.689. The summed E-state index contributed by atoms with van der Waals surface area (Å²) in [5.41, 5.74) is 1.86. The van der Waals surface area contributed by atoms with Crippen molar-refractivity contribution in [3.05, 3.63) is 59.8 Å². The molecule has 7 heteroatoms. The third-order valence-electron chi connectivity index (χ3n) is 3.98. The number of aromatic nitrogens is 1. The number of benzene rings is 2. The van der Waals surface area contributed by atoms with E-state index in [-0.39, 0.29) is 11.6 Å². The van der Waals surface area contributed by atoms with Gasteiger partial charge < -0.3 is 24.1 Å². The van der Waals surface area contributed by atoms with Crippen molar-refractivity contribution in [2.45, 2.75) is 6.54 Å². The Morgan fingerprint density at radius 3 is 2.15 bits per heavy atom. The molecule has 2 aromatic carbocycles. The maximum atomic E-state index is 12.4. The molecule has 0 saturated heterocycles. The molecule has 3 rings (SSSR count). The van der Waals surface area contributed by atoms with Crippen molar-refractivity contribution in [2.24, 2.45) is 0 Å². The smallest absolute Gasteiger partial charge is 0.273 e. The third-order valence-corrected chi connectivity index (χ3v) is 3.98. The Labute approximate surface area is 156 Å². The maximum Gasteiger partial charge on any atom is 0.273 e. The van der Waals surface area contributed by atoms with Crippen LogP contribution in [0.1, 0.15) is 16.1 Å². The van der Waals surface area contributed by atoms with Gasteiger partial charge in [-0.2, -0.15) is 0 Å². The molecule has 3 aromatic rings. The summed E-state index contributed by atoms with van der Waals surface area (Å²) in [4.78, 5) is 12.4. The lowest BCUT2D eigenvalue weighted by Crippen LogP contribution is -2.23. The highest BCUT2D eigenvalue weighted by molar-refractivity contribution is 5.93. The monoisotopic (exact) mass is 368 g/mol. The zero-order valence-corrected chi connectivity index (χ0v) is 15.3. The first-order valence-electron chi connectivity index (χ1n) is 8.24. The molecular formula is C20H20N2O5. The minimum absolute atomic E-state index is 0.204. The van der Waals surface area contributed by atoms with Gasteiger partial charge in [0.1, 0.15) is 17.2 Å². The second-order valence-electron chi connectivity index (χ2n) is 5.71. The van der Waals surface area contributed by atoms with Crippen molar-refractivity contribution in [3.63, 3.8) is 0 Å². The Balaban J connectivity index is 1.67. The van der Waals surface area contributed by atoms with Gasteiger partial charge in [0.15, 0.2) is 11.5 Å². The van der Waals surface area contributed by atoms with Gasteiger partial charge in [-0.3, -0.25) is 4.79 Å². The molecule has 0 unspecified atom stereocenters. The van der Waals surface area contributed by atoms with Crippen LogP contribution in [0.5, 0.6) is 17.2 Å². The highest BCUT2D eigenvalue weighted by Crippen LogP contribution is 2.24. The summed E-state index contributed by atoms with van der Waals surface area (Å²) in [5.74, 6) is 2.22. The Kier molecular flexibility index (Phi) is 5.61. The number of amides is 1. The largest absolute Gasteiger partial charge is 0.497 e. The number of carbonyl (C=O) groups is 1. The summed E-state index contributed by atoms with van der Waals surface area (Å²) in [6.07, 6.45) is 0. The van der Waals surface area contributed by atoms with Gasteiger partial charge in [0.05, 0.1) is 21.3 Å². The SMILES string of the molecule is COc1ccc(-c2cc(C(=O)NCc3cc(OC)cc(OC)c3)no2)cc1. The third kappa shape index (κ3) is 4.38. The van der Waals surface area contributed by atoms with Crippen LogP contribution in [0, 0.1) is 0 Å². The van der Waals surface area contributed by atoms with Crippen LogP contribution in [0.4, 0.5) is 0 Å². The molecule has 0 radical (unpaired) electrons. The first-order valence-corrected chi connectivity index (χ1v) is 8.24. The van der Waals surface area contributed by atoms with Crippen LogP contribution in [0.3, 0.4) is 0 Å². The summed E-state index contributed by atoms with van der Waals surface area (Å²) >= 11 is 0. The van der Waals surface area contributed by atoms with Crippen LogP contribution < -0.4 is 19.5 Å². The molecule has 1 amide bonds. The van der Waals surface area contributed by atoms with Crippen LogP contribution in [-0.4, -0.2) is 32.4 Å². The lowest BCUT2D eigenvalue weighted by atomic mass is 10.1. The number of hydrogen-bond acceptors (Lipinski definition) is 6. The fourth-order valence-corrected chi connectivity index (χ4v) is 2.51. The average Bonchev–Trinajstić information content (AvgIpc) is 3.22. The van der Waals surface area contributed by atoms with E-state index in [0.717, 1.165) is 16.9 Å². The lowest BCUT2D eigenvalue weighted by molar-refractivity contribution is 0.0942. The minimum atomic E-state index is -0.333. The van der Waals surface area contributed by atoms with Crippen LogP contribution >= 0.6 is 0 Å². The van der Waals surface area contributed by atoms with Gasteiger partial charge in [-0.1, -0.05) is 5.16 Å². The van der Waals surface area contributed by atoms with Crippen LogP contribution in [0.25, 0.3) is 11.3 Å². The van der Waals surface area contributed by atoms with Crippen molar-refractivity contribution < 1.29 is 23.5 Å². The van der Waals surface area contributed by atoms with Crippen molar-refractivity contribution in [1.29, 1.82) is 0 Å². The summed E-state index contributed by atoms with van der Waals surface area (Å²) < 4.78 is 20.9. The topological polar surface area (TPSA) is 82.8 Å². The van der Waals surface area contributed by atoms with E-state index in [0.29, 0.717) is 23.8 Å². The predicted octanol–water partition coefficient (Wildman–Crippen LogP) is 3.30. The van der Waals surface area contributed by atoms with Crippen molar-refractivity contribution in [3.8, 4) is 28.6 Å². The first-order chi connectivity index (χ1) is 13.1. The number of rotatable bonds is 7.